The van der Waals surface area contributed by atoms with Gasteiger partial charge >= 0.3 is 0 Å². The van der Waals surface area contributed by atoms with Crippen LogP contribution in [0.5, 0.6) is 0 Å². The van der Waals surface area contributed by atoms with Gasteiger partial charge in [-0.3, -0.25) is 19.0 Å². The lowest BCUT2D eigenvalue weighted by Gasteiger charge is -2.24. The molecule has 0 spiro atoms. The monoisotopic (exact) mass is 499 g/mol. The lowest BCUT2D eigenvalue weighted by Crippen LogP contribution is -2.42. The number of carbonyl (C=O) groups excluding carboxylic acids is 2. The molecule has 0 aliphatic carbocycles. The van der Waals surface area contributed by atoms with Crippen molar-refractivity contribution in [1.29, 1.82) is 0 Å². The highest BCUT2D eigenvalue weighted by molar-refractivity contribution is 6.31. The molecule has 0 radical (unpaired) electrons. The van der Waals surface area contributed by atoms with E-state index in [0.29, 0.717) is 46.8 Å². The first-order chi connectivity index (χ1) is 17.4. The van der Waals surface area contributed by atoms with Crippen LogP contribution in [0.4, 0.5) is 0 Å². The predicted molar refractivity (Wildman–Crippen MR) is 141 cm³/mol. The van der Waals surface area contributed by atoms with E-state index in [2.05, 4.69) is 0 Å². The molecular weight excluding hydrogens is 474 g/mol. The number of aromatic nitrogens is 2. The zero-order valence-electron chi connectivity index (χ0n) is 20.0. The van der Waals surface area contributed by atoms with Crippen molar-refractivity contribution in [2.75, 3.05) is 6.54 Å². The fourth-order valence-electron chi connectivity index (χ4n) is 4.78. The molecule has 1 aromatic heterocycles. The first-order valence-electron chi connectivity index (χ1n) is 12.0. The minimum Gasteiger partial charge on any atom is -0.329 e. The van der Waals surface area contributed by atoms with Gasteiger partial charge in [0.15, 0.2) is 5.78 Å². The Hall–Kier alpha value is -3.77. The zero-order chi connectivity index (χ0) is 25.2. The second-order valence-electron chi connectivity index (χ2n) is 9.23. The van der Waals surface area contributed by atoms with E-state index in [0.717, 1.165) is 17.5 Å². The molecular formula is C29H26ClN3O3. The molecule has 1 amide bonds. The maximum atomic E-state index is 13.6. The molecule has 6 nitrogen and oxygen atoms in total. The number of amides is 1. The third-order valence-corrected chi connectivity index (χ3v) is 6.93. The van der Waals surface area contributed by atoms with E-state index in [1.54, 1.807) is 39.8 Å². The smallest absolute Gasteiger partial charge is 0.261 e. The third kappa shape index (κ3) is 4.82. The van der Waals surface area contributed by atoms with E-state index < -0.39 is 6.04 Å². The van der Waals surface area contributed by atoms with Gasteiger partial charge in [0, 0.05) is 17.1 Å². The lowest BCUT2D eigenvalue weighted by atomic mass is 10.0. The standard InChI is InChI=1S/C29H26ClN3O3/c1-19-9-11-21(12-10-19)28(35)32-15-5-8-25(32)26(34)17-27-31-24-16-22(30)13-14-23(24)29(36)33(27)18-20-6-3-2-4-7-20/h2-4,6-7,9-14,16,25H,5,8,15,17-18H2,1H3. The summed E-state index contributed by atoms with van der Waals surface area (Å²) in [6.45, 7) is 2.79. The van der Waals surface area contributed by atoms with Gasteiger partial charge in [-0.25, -0.2) is 4.98 Å². The van der Waals surface area contributed by atoms with Crippen molar-refractivity contribution in [2.24, 2.45) is 0 Å². The normalized spacial score (nSPS) is 15.4. The van der Waals surface area contributed by atoms with E-state index in [9.17, 15) is 14.4 Å². The van der Waals surface area contributed by atoms with Crippen LogP contribution in [-0.2, 0) is 17.8 Å². The largest absolute Gasteiger partial charge is 0.329 e. The van der Waals surface area contributed by atoms with E-state index in [1.165, 1.54) is 0 Å². The number of rotatable bonds is 6. The van der Waals surface area contributed by atoms with E-state index in [1.807, 2.05) is 49.4 Å². The summed E-state index contributed by atoms with van der Waals surface area (Å²) in [5.74, 6) is 0.104. The Balaban J connectivity index is 1.48. The van der Waals surface area contributed by atoms with Crippen LogP contribution in [0.25, 0.3) is 10.9 Å². The summed E-state index contributed by atoms with van der Waals surface area (Å²) in [6, 6.07) is 21.4. The number of fused-ring (bicyclic) bond motifs is 1. The van der Waals surface area contributed by atoms with Gasteiger partial charge in [0.2, 0.25) is 0 Å². The molecule has 2 heterocycles. The van der Waals surface area contributed by atoms with Crippen molar-refractivity contribution < 1.29 is 9.59 Å². The molecule has 0 N–H and O–H groups in total. The summed E-state index contributed by atoms with van der Waals surface area (Å²) >= 11 is 6.16. The van der Waals surface area contributed by atoms with E-state index >= 15 is 0 Å². The molecule has 1 saturated heterocycles. The molecule has 1 aliphatic heterocycles. The fraction of sp³-hybridized carbons (Fsp3) is 0.241. The molecule has 182 valence electrons. The topological polar surface area (TPSA) is 72.3 Å². The van der Waals surface area contributed by atoms with Gasteiger partial charge < -0.3 is 4.90 Å². The zero-order valence-corrected chi connectivity index (χ0v) is 20.7. The Bertz CT molecular complexity index is 1500. The maximum absolute atomic E-state index is 13.6. The van der Waals surface area contributed by atoms with Crippen LogP contribution in [0.2, 0.25) is 5.02 Å². The number of ketones is 1. The average molecular weight is 500 g/mol. The summed E-state index contributed by atoms with van der Waals surface area (Å²) in [4.78, 5) is 46.6. The number of carbonyl (C=O) groups is 2. The minimum absolute atomic E-state index is 0.0487. The maximum Gasteiger partial charge on any atom is 0.261 e. The summed E-state index contributed by atoms with van der Waals surface area (Å²) in [5, 5.41) is 0.918. The molecule has 1 fully saturated rings. The quantitative estimate of drug-likeness (QED) is 0.381. The van der Waals surface area contributed by atoms with Crippen LogP contribution in [0.15, 0.2) is 77.6 Å². The van der Waals surface area contributed by atoms with Crippen LogP contribution >= 0.6 is 11.6 Å². The van der Waals surface area contributed by atoms with Gasteiger partial charge in [0.1, 0.15) is 5.82 Å². The Morgan fingerprint density at radius 1 is 1.03 bits per heavy atom. The average Bonchev–Trinajstić information content (AvgIpc) is 3.37. The van der Waals surface area contributed by atoms with E-state index in [-0.39, 0.29) is 23.7 Å². The summed E-state index contributed by atoms with van der Waals surface area (Å²) in [6.07, 6.45) is 1.30. The summed E-state index contributed by atoms with van der Waals surface area (Å²) < 4.78 is 1.56. The lowest BCUT2D eigenvalue weighted by molar-refractivity contribution is -0.122. The van der Waals surface area contributed by atoms with Gasteiger partial charge in [-0.05, 0) is 55.7 Å². The Morgan fingerprint density at radius 3 is 2.53 bits per heavy atom. The Kier molecular flexibility index (Phi) is 6.70. The number of benzene rings is 3. The van der Waals surface area contributed by atoms with Crippen LogP contribution in [0.1, 0.15) is 40.2 Å². The van der Waals surface area contributed by atoms with Crippen LogP contribution in [-0.4, -0.2) is 38.7 Å². The summed E-state index contributed by atoms with van der Waals surface area (Å²) in [5.41, 5.74) is 2.81. The van der Waals surface area contributed by atoms with Crippen molar-refractivity contribution in [1.82, 2.24) is 14.5 Å². The van der Waals surface area contributed by atoms with Gasteiger partial charge in [-0.1, -0.05) is 59.6 Å². The van der Waals surface area contributed by atoms with Gasteiger partial charge in [0.05, 0.1) is 29.9 Å². The number of nitrogens with zero attached hydrogens (tertiary/aromatic N) is 3. The second kappa shape index (κ2) is 10.1. The van der Waals surface area contributed by atoms with Crippen molar-refractivity contribution in [3.63, 3.8) is 0 Å². The number of halogens is 1. The SMILES string of the molecule is Cc1ccc(C(=O)N2CCCC2C(=O)Cc2nc3cc(Cl)ccc3c(=O)n2Cc2ccccc2)cc1. The van der Waals surface area contributed by atoms with Crippen molar-refractivity contribution in [3.05, 3.63) is 111 Å². The molecule has 4 aromatic rings. The number of aryl methyl sites for hydroxylation is 1. The number of hydrogen-bond donors (Lipinski definition) is 0. The molecule has 0 bridgehead atoms. The van der Waals surface area contributed by atoms with Gasteiger partial charge in [-0.15, -0.1) is 0 Å². The second-order valence-corrected chi connectivity index (χ2v) is 9.67. The molecule has 36 heavy (non-hydrogen) atoms. The number of likely N-dealkylation sites (tertiary alicyclic amines) is 1. The third-order valence-electron chi connectivity index (χ3n) is 6.70. The molecule has 0 saturated carbocycles. The number of hydrogen-bond acceptors (Lipinski definition) is 4. The minimum atomic E-state index is -0.545. The number of Topliss-reactive ketones (excluding diaryl/α,β-unsaturated/α-hetero) is 1. The highest BCUT2D eigenvalue weighted by Crippen LogP contribution is 2.23. The highest BCUT2D eigenvalue weighted by Gasteiger charge is 2.35. The molecule has 1 unspecified atom stereocenters. The molecule has 1 atom stereocenters. The highest BCUT2D eigenvalue weighted by atomic mass is 35.5. The molecule has 3 aromatic carbocycles. The summed E-state index contributed by atoms with van der Waals surface area (Å²) in [7, 11) is 0. The van der Waals surface area contributed by atoms with Crippen LogP contribution < -0.4 is 5.56 Å². The van der Waals surface area contributed by atoms with Crippen molar-refractivity contribution in [3.8, 4) is 0 Å². The molecule has 5 rings (SSSR count). The van der Waals surface area contributed by atoms with Crippen molar-refractivity contribution >= 4 is 34.2 Å². The van der Waals surface area contributed by atoms with Crippen LogP contribution in [0.3, 0.4) is 0 Å². The first-order valence-corrected chi connectivity index (χ1v) is 12.4. The molecule has 7 heteroatoms. The predicted octanol–water partition coefficient (Wildman–Crippen LogP) is 4.82. The fourth-order valence-corrected chi connectivity index (χ4v) is 4.95. The van der Waals surface area contributed by atoms with E-state index in [4.69, 9.17) is 16.6 Å². The molecule has 1 aliphatic rings. The Morgan fingerprint density at radius 2 is 1.78 bits per heavy atom. The van der Waals surface area contributed by atoms with Crippen molar-refractivity contribution in [2.45, 2.75) is 38.8 Å². The first kappa shape index (κ1) is 23.9. The Labute approximate surface area is 214 Å². The van der Waals surface area contributed by atoms with Crippen LogP contribution in [0, 0.1) is 6.92 Å². The van der Waals surface area contributed by atoms with Gasteiger partial charge in [0.25, 0.3) is 11.5 Å². The van der Waals surface area contributed by atoms with Gasteiger partial charge in [-0.2, -0.15) is 0 Å².